The van der Waals surface area contributed by atoms with Crippen molar-refractivity contribution in [1.29, 1.82) is 5.26 Å². The van der Waals surface area contributed by atoms with E-state index >= 15 is 0 Å². The molecule has 3 rings (SSSR count). The van der Waals surface area contributed by atoms with Crippen molar-refractivity contribution in [1.82, 2.24) is 0 Å². The Balaban J connectivity index is 1.90. The normalized spacial score (nSPS) is 18.9. The van der Waals surface area contributed by atoms with Gasteiger partial charge in [-0.25, -0.2) is 0 Å². The van der Waals surface area contributed by atoms with Gasteiger partial charge in [0.05, 0.1) is 24.3 Å². The molecule has 116 valence electrons. The van der Waals surface area contributed by atoms with E-state index in [0.717, 1.165) is 23.3 Å². The van der Waals surface area contributed by atoms with Crippen LogP contribution in [0.2, 0.25) is 0 Å². The molecule has 0 amide bonds. The van der Waals surface area contributed by atoms with Gasteiger partial charge in [0.15, 0.2) is 0 Å². The predicted molar refractivity (Wildman–Crippen MR) is 89.1 cm³/mol. The molecule has 2 aromatic carbocycles. The van der Waals surface area contributed by atoms with E-state index in [9.17, 15) is 5.11 Å². The molecule has 0 fully saturated rings. The van der Waals surface area contributed by atoms with Crippen LogP contribution in [0.1, 0.15) is 35.1 Å². The molecule has 0 aromatic heterocycles. The van der Waals surface area contributed by atoms with Crippen LogP contribution < -0.4 is 4.74 Å². The number of aliphatic hydroxyl groups is 1. The molecule has 0 radical (unpaired) electrons. The fraction of sp³-hybridized carbons (Fsp3) is 0.250. The average Bonchev–Trinajstić information content (AvgIpc) is 2.62. The molecule has 1 N–H and O–H groups in total. The van der Waals surface area contributed by atoms with Gasteiger partial charge in [0, 0.05) is 5.92 Å². The highest BCUT2D eigenvalue weighted by Crippen LogP contribution is 2.43. The van der Waals surface area contributed by atoms with E-state index in [1.807, 2.05) is 36.4 Å². The minimum atomic E-state index is -0.656. The number of fused-ring (bicyclic) bond motifs is 1. The number of hydrogen-bond donors (Lipinski definition) is 1. The van der Waals surface area contributed by atoms with Crippen molar-refractivity contribution in [3.05, 3.63) is 77.9 Å². The molecule has 1 aliphatic heterocycles. The first-order chi connectivity index (χ1) is 11.2. The Bertz CT molecular complexity index is 730. The summed E-state index contributed by atoms with van der Waals surface area (Å²) in [5, 5.41) is 19.7. The van der Waals surface area contributed by atoms with Crippen LogP contribution in [0, 0.1) is 17.2 Å². The number of aliphatic hydroxyl groups excluding tert-OH is 1. The third kappa shape index (κ3) is 2.99. The fourth-order valence-corrected chi connectivity index (χ4v) is 3.26. The first-order valence-electron chi connectivity index (χ1n) is 7.77. The Morgan fingerprint density at radius 3 is 2.65 bits per heavy atom. The summed E-state index contributed by atoms with van der Waals surface area (Å²) in [5.41, 5.74) is 2.52. The van der Waals surface area contributed by atoms with Crippen LogP contribution in [-0.2, 0) is 0 Å². The van der Waals surface area contributed by atoms with Crippen LogP contribution >= 0.6 is 0 Å². The second-order valence-corrected chi connectivity index (χ2v) is 5.77. The summed E-state index contributed by atoms with van der Waals surface area (Å²) in [5.74, 6) is 0.957. The summed E-state index contributed by atoms with van der Waals surface area (Å²) in [6.45, 7) is 4.58. The van der Waals surface area contributed by atoms with Crippen LogP contribution in [0.15, 0.2) is 61.2 Å². The number of para-hydroxylation sites is 1. The molecule has 3 atom stereocenters. The molecule has 0 saturated carbocycles. The lowest BCUT2D eigenvalue weighted by Gasteiger charge is -2.33. The number of benzene rings is 2. The molecule has 3 nitrogen and oxygen atoms in total. The standard InChI is InChI=1S/C20H19NO2/c1-2-16(20(22)15-9-7-14(13-21)8-10-15)17-11-12-23-19-6-4-3-5-18(17)19/h2-10,16-17,20,22H,1,11-12H2. The maximum Gasteiger partial charge on any atom is 0.122 e. The number of hydrogen-bond acceptors (Lipinski definition) is 3. The van der Waals surface area contributed by atoms with Gasteiger partial charge in [-0.15, -0.1) is 6.58 Å². The zero-order chi connectivity index (χ0) is 16.2. The molecule has 23 heavy (non-hydrogen) atoms. The van der Waals surface area contributed by atoms with Gasteiger partial charge in [-0.05, 0) is 41.7 Å². The van der Waals surface area contributed by atoms with E-state index in [2.05, 4.69) is 18.7 Å². The highest BCUT2D eigenvalue weighted by atomic mass is 16.5. The van der Waals surface area contributed by atoms with Gasteiger partial charge in [-0.3, -0.25) is 0 Å². The smallest absolute Gasteiger partial charge is 0.122 e. The van der Waals surface area contributed by atoms with E-state index in [1.165, 1.54) is 0 Å². The molecule has 0 saturated heterocycles. The molecular formula is C20H19NO2. The Morgan fingerprint density at radius 2 is 1.96 bits per heavy atom. The Morgan fingerprint density at radius 1 is 1.22 bits per heavy atom. The number of ether oxygens (including phenoxy) is 1. The largest absolute Gasteiger partial charge is 0.493 e. The van der Waals surface area contributed by atoms with Crippen LogP contribution in [0.4, 0.5) is 0 Å². The topological polar surface area (TPSA) is 53.2 Å². The maximum absolute atomic E-state index is 10.8. The van der Waals surface area contributed by atoms with E-state index in [4.69, 9.17) is 10.00 Å². The van der Waals surface area contributed by atoms with Gasteiger partial charge in [-0.1, -0.05) is 36.4 Å². The first-order valence-corrected chi connectivity index (χ1v) is 7.77. The van der Waals surface area contributed by atoms with Gasteiger partial charge < -0.3 is 9.84 Å². The molecule has 0 spiro atoms. The van der Waals surface area contributed by atoms with Crippen LogP contribution in [0.3, 0.4) is 0 Å². The summed E-state index contributed by atoms with van der Waals surface area (Å²) < 4.78 is 5.71. The van der Waals surface area contributed by atoms with Crippen molar-refractivity contribution in [3.8, 4) is 11.8 Å². The number of nitriles is 1. The van der Waals surface area contributed by atoms with Gasteiger partial charge in [0.25, 0.3) is 0 Å². The van der Waals surface area contributed by atoms with E-state index in [-0.39, 0.29) is 11.8 Å². The highest BCUT2D eigenvalue weighted by Gasteiger charge is 2.32. The second kappa shape index (κ2) is 6.68. The maximum atomic E-state index is 10.8. The zero-order valence-electron chi connectivity index (χ0n) is 12.9. The van der Waals surface area contributed by atoms with Crippen molar-refractivity contribution in [2.45, 2.75) is 18.4 Å². The summed E-state index contributed by atoms with van der Waals surface area (Å²) >= 11 is 0. The lowest BCUT2D eigenvalue weighted by Crippen LogP contribution is -2.24. The SMILES string of the molecule is C=CC(C(O)c1ccc(C#N)cc1)C1CCOc2ccccc21. The van der Waals surface area contributed by atoms with Crippen molar-refractivity contribution in [2.75, 3.05) is 6.61 Å². The van der Waals surface area contributed by atoms with Crippen molar-refractivity contribution < 1.29 is 9.84 Å². The zero-order valence-corrected chi connectivity index (χ0v) is 12.9. The summed E-state index contributed by atoms with van der Waals surface area (Å²) in [6, 6.07) is 17.2. The lowest BCUT2D eigenvalue weighted by atomic mass is 9.77. The Kier molecular flexibility index (Phi) is 4.45. The van der Waals surface area contributed by atoms with Crippen LogP contribution in [-0.4, -0.2) is 11.7 Å². The molecule has 1 aliphatic rings. The van der Waals surface area contributed by atoms with Gasteiger partial charge in [0.1, 0.15) is 5.75 Å². The quantitative estimate of drug-likeness (QED) is 0.870. The third-order valence-electron chi connectivity index (χ3n) is 4.49. The second-order valence-electron chi connectivity index (χ2n) is 5.77. The fourth-order valence-electron chi connectivity index (χ4n) is 3.26. The van der Waals surface area contributed by atoms with E-state index in [1.54, 1.807) is 12.1 Å². The summed E-state index contributed by atoms with van der Waals surface area (Å²) in [4.78, 5) is 0. The predicted octanol–water partition coefficient (Wildman–Crippen LogP) is 3.96. The minimum absolute atomic E-state index is 0.104. The molecular weight excluding hydrogens is 286 g/mol. The van der Waals surface area contributed by atoms with Crippen molar-refractivity contribution in [2.24, 2.45) is 5.92 Å². The molecule has 2 aromatic rings. The average molecular weight is 305 g/mol. The van der Waals surface area contributed by atoms with Crippen LogP contribution in [0.25, 0.3) is 0 Å². The molecule has 3 unspecified atom stereocenters. The van der Waals surface area contributed by atoms with Gasteiger partial charge in [0.2, 0.25) is 0 Å². The third-order valence-corrected chi connectivity index (χ3v) is 4.49. The van der Waals surface area contributed by atoms with Crippen molar-refractivity contribution in [3.63, 3.8) is 0 Å². The monoisotopic (exact) mass is 305 g/mol. The van der Waals surface area contributed by atoms with Gasteiger partial charge >= 0.3 is 0 Å². The Labute approximate surface area is 136 Å². The molecule has 0 aliphatic carbocycles. The number of nitrogens with zero attached hydrogens (tertiary/aromatic N) is 1. The molecule has 3 heteroatoms. The first kappa shape index (κ1) is 15.3. The molecule has 0 bridgehead atoms. The molecule has 1 heterocycles. The van der Waals surface area contributed by atoms with E-state index < -0.39 is 6.10 Å². The summed E-state index contributed by atoms with van der Waals surface area (Å²) in [7, 11) is 0. The number of rotatable bonds is 4. The van der Waals surface area contributed by atoms with Gasteiger partial charge in [-0.2, -0.15) is 5.26 Å². The summed E-state index contributed by atoms with van der Waals surface area (Å²) in [6.07, 6.45) is 2.02. The Hall–Kier alpha value is -2.57. The van der Waals surface area contributed by atoms with Crippen molar-refractivity contribution >= 4 is 0 Å². The minimum Gasteiger partial charge on any atom is -0.493 e. The highest BCUT2D eigenvalue weighted by molar-refractivity contribution is 5.40. The van der Waals surface area contributed by atoms with Crippen LogP contribution in [0.5, 0.6) is 5.75 Å². The van der Waals surface area contributed by atoms with E-state index in [0.29, 0.717) is 12.2 Å². The lowest BCUT2D eigenvalue weighted by molar-refractivity contribution is 0.104.